The van der Waals surface area contributed by atoms with Gasteiger partial charge in [-0.15, -0.1) is 0 Å². The number of anilines is 2. The van der Waals surface area contributed by atoms with E-state index in [1.807, 2.05) is 66.7 Å². The summed E-state index contributed by atoms with van der Waals surface area (Å²) in [5.41, 5.74) is 3.90. The number of nitrogens with zero attached hydrogens (tertiary/aromatic N) is 1. The number of nitrogens with one attached hydrogen (secondary N) is 1. The van der Waals surface area contributed by atoms with Crippen molar-refractivity contribution in [3.05, 3.63) is 89.5 Å². The van der Waals surface area contributed by atoms with Crippen molar-refractivity contribution in [2.45, 2.75) is 19.3 Å². The number of rotatable bonds is 7. The molecule has 0 aromatic heterocycles. The van der Waals surface area contributed by atoms with E-state index < -0.39 is 10.0 Å². The van der Waals surface area contributed by atoms with E-state index in [1.54, 1.807) is 18.1 Å². The Bertz CT molecular complexity index is 1190. The number of amides is 1. The molecule has 0 fully saturated rings. The Balaban J connectivity index is 1.45. The van der Waals surface area contributed by atoms with Crippen LogP contribution in [0.25, 0.3) is 0 Å². The Morgan fingerprint density at radius 3 is 2.50 bits per heavy atom. The van der Waals surface area contributed by atoms with Gasteiger partial charge in [0.2, 0.25) is 10.0 Å². The average molecular weight is 451 g/mol. The van der Waals surface area contributed by atoms with Gasteiger partial charge in [-0.25, -0.2) is 8.42 Å². The molecular weight excluding hydrogens is 424 g/mol. The zero-order valence-corrected chi connectivity index (χ0v) is 18.8. The molecule has 0 saturated heterocycles. The molecule has 4 rings (SSSR count). The quantitative estimate of drug-likeness (QED) is 0.583. The number of fused-ring (bicyclic) bond motifs is 1. The molecular formula is C25H26N2O4S. The van der Waals surface area contributed by atoms with Crippen LogP contribution < -0.4 is 14.4 Å². The molecule has 1 aliphatic rings. The highest BCUT2D eigenvalue weighted by atomic mass is 32.2. The summed E-state index contributed by atoms with van der Waals surface area (Å²) in [7, 11) is -1.91. The molecule has 0 saturated carbocycles. The first kappa shape index (κ1) is 21.9. The van der Waals surface area contributed by atoms with E-state index in [1.165, 1.54) is 0 Å². The SMILES string of the molecule is COc1ccc(CCS(=O)(=O)Nc2ccc3c(c2)CCCN3C(=O)c2ccccc2)cc1. The molecule has 6 nitrogen and oxygen atoms in total. The number of carbonyl (C=O) groups excluding carboxylic acids is 1. The summed E-state index contributed by atoms with van der Waals surface area (Å²) >= 11 is 0. The first-order valence-electron chi connectivity index (χ1n) is 10.6. The highest BCUT2D eigenvalue weighted by molar-refractivity contribution is 7.92. The van der Waals surface area contributed by atoms with Crippen molar-refractivity contribution in [1.29, 1.82) is 0 Å². The van der Waals surface area contributed by atoms with Crippen LogP contribution >= 0.6 is 0 Å². The van der Waals surface area contributed by atoms with Gasteiger partial charge in [-0.05, 0) is 72.9 Å². The lowest BCUT2D eigenvalue weighted by atomic mass is 10.00. The molecule has 32 heavy (non-hydrogen) atoms. The van der Waals surface area contributed by atoms with Gasteiger partial charge < -0.3 is 9.64 Å². The summed E-state index contributed by atoms with van der Waals surface area (Å²) in [5, 5.41) is 0. The minimum Gasteiger partial charge on any atom is -0.497 e. The number of sulfonamides is 1. The number of hydrogen-bond donors (Lipinski definition) is 1. The largest absolute Gasteiger partial charge is 0.497 e. The zero-order valence-electron chi connectivity index (χ0n) is 18.0. The molecule has 0 radical (unpaired) electrons. The zero-order chi connectivity index (χ0) is 22.6. The lowest BCUT2D eigenvalue weighted by molar-refractivity contribution is 0.0985. The first-order valence-corrected chi connectivity index (χ1v) is 12.2. The highest BCUT2D eigenvalue weighted by Gasteiger charge is 2.24. The maximum atomic E-state index is 12.9. The van der Waals surface area contributed by atoms with Crippen LogP contribution in [0.4, 0.5) is 11.4 Å². The maximum absolute atomic E-state index is 12.9. The molecule has 0 atom stereocenters. The molecule has 0 unspecified atom stereocenters. The van der Waals surface area contributed by atoms with Crippen LogP contribution in [0.1, 0.15) is 27.9 Å². The molecule has 1 N–H and O–H groups in total. The van der Waals surface area contributed by atoms with Gasteiger partial charge in [0.05, 0.1) is 12.9 Å². The fourth-order valence-corrected chi connectivity index (χ4v) is 4.98. The van der Waals surface area contributed by atoms with E-state index in [-0.39, 0.29) is 11.7 Å². The van der Waals surface area contributed by atoms with E-state index in [0.717, 1.165) is 35.4 Å². The van der Waals surface area contributed by atoms with Crippen molar-refractivity contribution in [2.24, 2.45) is 0 Å². The first-order chi connectivity index (χ1) is 15.4. The summed E-state index contributed by atoms with van der Waals surface area (Å²) in [6.45, 7) is 0.646. The maximum Gasteiger partial charge on any atom is 0.258 e. The lowest BCUT2D eigenvalue weighted by Crippen LogP contribution is -2.35. The molecule has 1 aliphatic heterocycles. The number of aryl methyl sites for hydroxylation is 2. The van der Waals surface area contributed by atoms with Crippen molar-refractivity contribution in [2.75, 3.05) is 29.0 Å². The van der Waals surface area contributed by atoms with E-state index >= 15 is 0 Å². The fraction of sp³-hybridized carbons (Fsp3) is 0.240. The van der Waals surface area contributed by atoms with Gasteiger partial charge in [0.15, 0.2) is 0 Å². The lowest BCUT2D eigenvalue weighted by Gasteiger charge is -2.30. The van der Waals surface area contributed by atoms with Crippen LogP contribution in [0.5, 0.6) is 5.75 Å². The highest BCUT2D eigenvalue weighted by Crippen LogP contribution is 2.31. The molecule has 0 aliphatic carbocycles. The molecule has 7 heteroatoms. The van der Waals surface area contributed by atoms with Crippen LogP contribution in [0.2, 0.25) is 0 Å². The van der Waals surface area contributed by atoms with Gasteiger partial charge >= 0.3 is 0 Å². The molecule has 0 spiro atoms. The summed E-state index contributed by atoms with van der Waals surface area (Å²) in [6, 6.07) is 22.0. The fourth-order valence-electron chi connectivity index (χ4n) is 3.88. The van der Waals surface area contributed by atoms with Crippen LogP contribution in [0.15, 0.2) is 72.8 Å². The van der Waals surface area contributed by atoms with Crippen molar-refractivity contribution in [1.82, 2.24) is 0 Å². The number of ether oxygens (including phenoxy) is 1. The molecule has 3 aromatic carbocycles. The molecule has 1 amide bonds. The van der Waals surface area contributed by atoms with Crippen LogP contribution in [-0.2, 0) is 22.9 Å². The van der Waals surface area contributed by atoms with Gasteiger partial charge in [-0.1, -0.05) is 30.3 Å². The summed E-state index contributed by atoms with van der Waals surface area (Å²) in [4.78, 5) is 14.7. The Labute approximate surface area is 188 Å². The predicted molar refractivity (Wildman–Crippen MR) is 127 cm³/mol. The normalized spacial score (nSPS) is 13.3. The van der Waals surface area contributed by atoms with Gasteiger partial charge in [0, 0.05) is 23.5 Å². The third-order valence-corrected chi connectivity index (χ3v) is 6.84. The van der Waals surface area contributed by atoms with Gasteiger partial charge in [-0.3, -0.25) is 9.52 Å². The summed E-state index contributed by atoms with van der Waals surface area (Å²) < 4.78 is 33.1. The molecule has 3 aromatic rings. The van der Waals surface area contributed by atoms with E-state index in [4.69, 9.17) is 4.74 Å². The second kappa shape index (κ2) is 9.44. The Hall–Kier alpha value is -3.32. The number of methoxy groups -OCH3 is 1. The topological polar surface area (TPSA) is 75.7 Å². The summed E-state index contributed by atoms with van der Waals surface area (Å²) in [6.07, 6.45) is 2.04. The number of hydrogen-bond acceptors (Lipinski definition) is 4. The third-order valence-electron chi connectivity index (χ3n) is 5.56. The van der Waals surface area contributed by atoms with Crippen molar-refractivity contribution in [3.63, 3.8) is 0 Å². The Morgan fingerprint density at radius 1 is 1.03 bits per heavy atom. The molecule has 166 valence electrons. The Morgan fingerprint density at radius 2 is 1.78 bits per heavy atom. The third kappa shape index (κ3) is 5.11. The van der Waals surface area contributed by atoms with Crippen molar-refractivity contribution >= 4 is 27.3 Å². The smallest absolute Gasteiger partial charge is 0.258 e. The number of carbonyl (C=O) groups is 1. The van der Waals surface area contributed by atoms with E-state index in [0.29, 0.717) is 24.2 Å². The van der Waals surface area contributed by atoms with Crippen LogP contribution in [-0.4, -0.2) is 33.7 Å². The Kier molecular flexibility index (Phi) is 6.46. The van der Waals surface area contributed by atoms with Gasteiger partial charge in [0.1, 0.15) is 5.75 Å². The van der Waals surface area contributed by atoms with Crippen LogP contribution in [0.3, 0.4) is 0 Å². The van der Waals surface area contributed by atoms with Crippen molar-refractivity contribution in [3.8, 4) is 5.75 Å². The van der Waals surface area contributed by atoms with Crippen LogP contribution in [0, 0.1) is 0 Å². The summed E-state index contributed by atoms with van der Waals surface area (Å²) in [5.74, 6) is 0.678. The minimum atomic E-state index is -3.51. The predicted octanol–water partition coefficient (Wildman–Crippen LogP) is 4.27. The van der Waals surface area contributed by atoms with Gasteiger partial charge in [0.25, 0.3) is 5.91 Å². The van der Waals surface area contributed by atoms with E-state index in [2.05, 4.69) is 4.72 Å². The second-order valence-corrected chi connectivity index (χ2v) is 9.63. The molecule has 0 bridgehead atoms. The molecule has 1 heterocycles. The second-order valence-electron chi connectivity index (χ2n) is 7.79. The average Bonchev–Trinajstić information content (AvgIpc) is 2.82. The minimum absolute atomic E-state index is 0.0188. The standard InChI is InChI=1S/C25H26N2O4S/c1-31-23-12-9-19(10-13-23)15-17-32(29,30)26-22-11-14-24-21(18-22)8-5-16-27(24)25(28)20-6-3-2-4-7-20/h2-4,6-7,9-14,18,26H,5,8,15-17H2,1H3. The monoisotopic (exact) mass is 450 g/mol. The van der Waals surface area contributed by atoms with Crippen molar-refractivity contribution < 1.29 is 17.9 Å². The number of benzene rings is 3. The van der Waals surface area contributed by atoms with E-state index in [9.17, 15) is 13.2 Å². The van der Waals surface area contributed by atoms with Gasteiger partial charge in [-0.2, -0.15) is 0 Å².